The molecule has 2 rings (SSSR count). The number of carbonyl (C=O) groups is 1. The highest BCUT2D eigenvalue weighted by Crippen LogP contribution is 2.15. The third-order valence-electron chi connectivity index (χ3n) is 2.63. The predicted octanol–water partition coefficient (Wildman–Crippen LogP) is 2.40. The summed E-state index contributed by atoms with van der Waals surface area (Å²) in [5.41, 5.74) is 0.188. The maximum absolute atomic E-state index is 10.7. The van der Waals surface area contributed by atoms with Crippen molar-refractivity contribution in [2.45, 2.75) is 13.5 Å². The molecule has 0 fully saturated rings. The average Bonchev–Trinajstić information content (AvgIpc) is 2.89. The number of carboxylic acid groups (broad SMARTS) is 1. The van der Waals surface area contributed by atoms with Gasteiger partial charge in [-0.05, 0) is 31.2 Å². The van der Waals surface area contributed by atoms with Crippen LogP contribution in [0.5, 0.6) is 0 Å². The number of aromatic nitrogens is 1. The number of pyridine rings is 1. The van der Waals surface area contributed by atoms with Gasteiger partial charge in [0.05, 0.1) is 18.4 Å². The van der Waals surface area contributed by atoms with Gasteiger partial charge in [0.1, 0.15) is 11.6 Å². The summed E-state index contributed by atoms with van der Waals surface area (Å²) in [7, 11) is 0. The van der Waals surface area contributed by atoms with Crippen molar-refractivity contribution >= 4 is 11.8 Å². The van der Waals surface area contributed by atoms with Crippen molar-refractivity contribution in [1.82, 2.24) is 4.98 Å². The first-order valence-electron chi connectivity index (χ1n) is 5.67. The van der Waals surface area contributed by atoms with E-state index >= 15 is 0 Å². The number of hydrogen-bond acceptors (Lipinski definition) is 4. The number of furan rings is 1. The first kappa shape index (κ1) is 12.2. The summed E-state index contributed by atoms with van der Waals surface area (Å²) in [6.07, 6.45) is 2.99. The first-order valence-corrected chi connectivity index (χ1v) is 5.67. The SMILES string of the molecule is CCN(Cc1ccco1)c1ccc(C(=O)O)cn1. The molecule has 0 aliphatic heterocycles. The second-order valence-electron chi connectivity index (χ2n) is 3.80. The molecule has 5 heteroatoms. The second-order valence-corrected chi connectivity index (χ2v) is 3.80. The highest BCUT2D eigenvalue weighted by Gasteiger charge is 2.09. The van der Waals surface area contributed by atoms with Gasteiger partial charge in [-0.2, -0.15) is 0 Å². The first-order chi connectivity index (χ1) is 8.70. The summed E-state index contributed by atoms with van der Waals surface area (Å²) >= 11 is 0. The second kappa shape index (κ2) is 5.35. The molecule has 0 saturated heterocycles. The van der Waals surface area contributed by atoms with Crippen molar-refractivity contribution in [3.05, 3.63) is 48.0 Å². The van der Waals surface area contributed by atoms with E-state index in [0.717, 1.165) is 18.1 Å². The molecule has 0 spiro atoms. The van der Waals surface area contributed by atoms with E-state index in [-0.39, 0.29) is 5.56 Å². The number of rotatable bonds is 5. The molecule has 0 aromatic carbocycles. The zero-order valence-electron chi connectivity index (χ0n) is 10.0. The minimum absolute atomic E-state index is 0.188. The van der Waals surface area contributed by atoms with Gasteiger partial charge < -0.3 is 14.4 Å². The quantitative estimate of drug-likeness (QED) is 0.877. The molecule has 0 amide bonds. The lowest BCUT2D eigenvalue weighted by atomic mass is 10.3. The molecule has 2 aromatic heterocycles. The van der Waals surface area contributed by atoms with E-state index in [1.807, 2.05) is 24.0 Å². The standard InChI is InChI=1S/C13H14N2O3/c1-2-15(9-11-4-3-7-18-11)12-6-5-10(8-14-12)13(16)17/h3-8H,2,9H2,1H3,(H,16,17). The molecule has 1 N–H and O–H groups in total. The molecule has 2 heterocycles. The fraction of sp³-hybridized carbons (Fsp3) is 0.231. The minimum atomic E-state index is -0.969. The van der Waals surface area contributed by atoms with Crippen LogP contribution in [0.15, 0.2) is 41.1 Å². The largest absolute Gasteiger partial charge is 0.478 e. The van der Waals surface area contributed by atoms with E-state index in [1.54, 1.807) is 18.4 Å². The van der Waals surface area contributed by atoms with Crippen LogP contribution >= 0.6 is 0 Å². The van der Waals surface area contributed by atoms with Gasteiger partial charge >= 0.3 is 5.97 Å². The normalized spacial score (nSPS) is 10.3. The Balaban J connectivity index is 2.14. The number of nitrogens with zero attached hydrogens (tertiary/aromatic N) is 2. The van der Waals surface area contributed by atoms with Crippen LogP contribution in [0.3, 0.4) is 0 Å². The van der Waals surface area contributed by atoms with Gasteiger partial charge in [-0.1, -0.05) is 0 Å². The Morgan fingerprint density at radius 2 is 2.28 bits per heavy atom. The number of aromatic carboxylic acids is 1. The van der Waals surface area contributed by atoms with Crippen LogP contribution in [0.2, 0.25) is 0 Å². The lowest BCUT2D eigenvalue weighted by Crippen LogP contribution is -2.22. The molecule has 18 heavy (non-hydrogen) atoms. The molecule has 0 unspecified atom stereocenters. The van der Waals surface area contributed by atoms with Crippen LogP contribution in [0.4, 0.5) is 5.82 Å². The number of hydrogen-bond donors (Lipinski definition) is 1. The van der Waals surface area contributed by atoms with Gasteiger partial charge in [0, 0.05) is 12.7 Å². The van der Waals surface area contributed by atoms with Crippen molar-refractivity contribution in [3.8, 4) is 0 Å². The van der Waals surface area contributed by atoms with Gasteiger partial charge in [0.15, 0.2) is 0 Å². The molecular weight excluding hydrogens is 232 g/mol. The summed E-state index contributed by atoms with van der Waals surface area (Å²) in [5, 5.41) is 8.81. The summed E-state index contributed by atoms with van der Waals surface area (Å²) in [6, 6.07) is 6.99. The average molecular weight is 246 g/mol. The van der Waals surface area contributed by atoms with Crippen LogP contribution in [-0.4, -0.2) is 22.6 Å². The van der Waals surface area contributed by atoms with Crippen molar-refractivity contribution in [2.75, 3.05) is 11.4 Å². The van der Waals surface area contributed by atoms with Crippen LogP contribution in [0.25, 0.3) is 0 Å². The molecule has 0 aliphatic rings. The molecular formula is C13H14N2O3. The summed E-state index contributed by atoms with van der Waals surface area (Å²) < 4.78 is 5.29. The molecule has 0 bridgehead atoms. The summed E-state index contributed by atoms with van der Waals surface area (Å²) in [5.74, 6) is 0.614. The van der Waals surface area contributed by atoms with Crippen molar-refractivity contribution < 1.29 is 14.3 Å². The Morgan fingerprint density at radius 1 is 1.44 bits per heavy atom. The van der Waals surface area contributed by atoms with Gasteiger partial charge in [-0.25, -0.2) is 9.78 Å². The van der Waals surface area contributed by atoms with Gasteiger partial charge in [0.2, 0.25) is 0 Å². The lowest BCUT2D eigenvalue weighted by molar-refractivity contribution is 0.0696. The maximum atomic E-state index is 10.7. The minimum Gasteiger partial charge on any atom is -0.478 e. The van der Waals surface area contributed by atoms with Crippen LogP contribution in [0, 0.1) is 0 Å². The topological polar surface area (TPSA) is 66.6 Å². The van der Waals surface area contributed by atoms with Crippen LogP contribution in [-0.2, 0) is 6.54 Å². The van der Waals surface area contributed by atoms with E-state index in [0.29, 0.717) is 6.54 Å². The summed E-state index contributed by atoms with van der Waals surface area (Å²) in [6.45, 7) is 3.39. The molecule has 2 aromatic rings. The number of anilines is 1. The fourth-order valence-corrected chi connectivity index (χ4v) is 1.65. The van der Waals surface area contributed by atoms with E-state index < -0.39 is 5.97 Å². The van der Waals surface area contributed by atoms with E-state index in [2.05, 4.69) is 4.98 Å². The fourth-order valence-electron chi connectivity index (χ4n) is 1.65. The van der Waals surface area contributed by atoms with Gasteiger partial charge in [0.25, 0.3) is 0 Å². The molecule has 5 nitrogen and oxygen atoms in total. The molecule has 0 aliphatic carbocycles. The zero-order valence-corrected chi connectivity index (χ0v) is 10.0. The van der Waals surface area contributed by atoms with Gasteiger partial charge in [-0.15, -0.1) is 0 Å². The van der Waals surface area contributed by atoms with Crippen LogP contribution < -0.4 is 4.90 Å². The highest BCUT2D eigenvalue weighted by atomic mass is 16.4. The van der Waals surface area contributed by atoms with Gasteiger partial charge in [-0.3, -0.25) is 0 Å². The van der Waals surface area contributed by atoms with Crippen molar-refractivity contribution in [2.24, 2.45) is 0 Å². The van der Waals surface area contributed by atoms with Crippen molar-refractivity contribution in [3.63, 3.8) is 0 Å². The highest BCUT2D eigenvalue weighted by molar-refractivity contribution is 5.87. The van der Waals surface area contributed by atoms with Crippen molar-refractivity contribution in [1.29, 1.82) is 0 Å². The molecule has 94 valence electrons. The Hall–Kier alpha value is -2.30. The Morgan fingerprint density at radius 3 is 2.78 bits per heavy atom. The third-order valence-corrected chi connectivity index (χ3v) is 2.63. The van der Waals surface area contributed by atoms with E-state index in [9.17, 15) is 4.79 Å². The zero-order chi connectivity index (χ0) is 13.0. The lowest BCUT2D eigenvalue weighted by Gasteiger charge is -2.20. The summed E-state index contributed by atoms with van der Waals surface area (Å²) in [4.78, 5) is 16.9. The number of carboxylic acids is 1. The monoisotopic (exact) mass is 246 g/mol. The molecule has 0 saturated carbocycles. The van der Waals surface area contributed by atoms with E-state index in [1.165, 1.54) is 6.20 Å². The Labute approximate surface area is 105 Å². The Kier molecular flexibility index (Phi) is 3.62. The molecule has 0 atom stereocenters. The smallest absolute Gasteiger partial charge is 0.337 e. The third kappa shape index (κ3) is 2.68. The van der Waals surface area contributed by atoms with Crippen LogP contribution in [0.1, 0.15) is 23.0 Å². The Bertz CT molecular complexity index is 506. The molecule has 0 radical (unpaired) electrons. The van der Waals surface area contributed by atoms with E-state index in [4.69, 9.17) is 9.52 Å². The predicted molar refractivity (Wildman–Crippen MR) is 66.6 cm³/mol. The maximum Gasteiger partial charge on any atom is 0.337 e.